The summed E-state index contributed by atoms with van der Waals surface area (Å²) in [5, 5.41) is 5.66. The summed E-state index contributed by atoms with van der Waals surface area (Å²) >= 11 is 2.73. The Morgan fingerprint density at radius 1 is 1.21 bits per heavy atom. The van der Waals surface area contributed by atoms with Gasteiger partial charge < -0.3 is 5.32 Å². The summed E-state index contributed by atoms with van der Waals surface area (Å²) < 4.78 is 1.60. The van der Waals surface area contributed by atoms with Gasteiger partial charge in [0.05, 0.1) is 10.6 Å². The molecule has 2 aromatic carbocycles. The van der Waals surface area contributed by atoms with E-state index in [0.717, 1.165) is 33.5 Å². The maximum atomic E-state index is 13.6. The van der Waals surface area contributed by atoms with Crippen LogP contribution >= 0.6 is 23.1 Å². The number of nitrogens with one attached hydrogen (secondary N) is 1. The normalized spacial score (nSPS) is 12.0. The topological polar surface area (TPSA) is 64.0 Å². The third kappa shape index (κ3) is 4.72. The quantitative estimate of drug-likeness (QED) is 0.186. The smallest absolute Gasteiger partial charge is 0.263 e. The second-order valence-corrected chi connectivity index (χ2v) is 10.5. The molecule has 1 amide bonds. The Hall–Kier alpha value is -3.16. The molecule has 0 spiro atoms. The van der Waals surface area contributed by atoms with Crippen LogP contribution in [0.1, 0.15) is 23.6 Å². The number of anilines is 1. The molecule has 1 atom stereocenters. The molecule has 4 aromatic rings. The Labute approximate surface area is 207 Å². The first-order chi connectivity index (χ1) is 16.3. The number of nitrogens with zero attached hydrogens (tertiary/aromatic N) is 2. The van der Waals surface area contributed by atoms with Gasteiger partial charge in [-0.1, -0.05) is 59.8 Å². The van der Waals surface area contributed by atoms with Crippen molar-refractivity contribution in [2.45, 2.75) is 44.6 Å². The summed E-state index contributed by atoms with van der Waals surface area (Å²) in [5.74, 6) is -0.135. The van der Waals surface area contributed by atoms with E-state index in [1.807, 2.05) is 75.5 Å². The highest BCUT2D eigenvalue weighted by atomic mass is 32.2. The van der Waals surface area contributed by atoms with Gasteiger partial charge in [-0.25, -0.2) is 4.98 Å². The standard InChI is InChI=1S/C27H27N3O2S2/c1-6-14-30-26(32)23-21(20-12-10-16(2)11-13-20)15-33-25(23)29-27(30)34-19(5)24(31)28-22-9-7-8-17(3)18(22)4/h6-13,15,19H,1,14H2,2-5H3,(H,28,31). The average molecular weight is 490 g/mol. The van der Waals surface area contributed by atoms with Gasteiger partial charge in [-0.3, -0.25) is 14.2 Å². The molecule has 0 radical (unpaired) electrons. The van der Waals surface area contributed by atoms with Crippen molar-refractivity contribution in [2.75, 3.05) is 5.32 Å². The van der Waals surface area contributed by atoms with E-state index in [2.05, 4.69) is 11.9 Å². The van der Waals surface area contributed by atoms with Gasteiger partial charge in [0, 0.05) is 23.2 Å². The number of aryl methyl sites for hydroxylation is 2. The highest BCUT2D eigenvalue weighted by Crippen LogP contribution is 2.33. The lowest BCUT2D eigenvalue weighted by Crippen LogP contribution is -2.27. The molecule has 2 aromatic heterocycles. The fourth-order valence-electron chi connectivity index (χ4n) is 3.66. The summed E-state index contributed by atoms with van der Waals surface area (Å²) in [4.78, 5) is 32.0. The second kappa shape index (κ2) is 9.99. The Balaban J connectivity index is 1.68. The first-order valence-electron chi connectivity index (χ1n) is 11.0. The van der Waals surface area contributed by atoms with Crippen molar-refractivity contribution < 1.29 is 4.79 Å². The minimum absolute atomic E-state index is 0.119. The first-order valence-corrected chi connectivity index (χ1v) is 12.8. The van der Waals surface area contributed by atoms with Crippen LogP contribution in [0.3, 0.4) is 0 Å². The molecule has 1 N–H and O–H groups in total. The molecule has 0 aliphatic heterocycles. The average Bonchev–Trinajstić information content (AvgIpc) is 3.24. The first kappa shape index (κ1) is 24.0. The van der Waals surface area contributed by atoms with E-state index in [1.54, 1.807) is 10.6 Å². The monoisotopic (exact) mass is 489 g/mol. The number of aromatic nitrogens is 2. The van der Waals surface area contributed by atoms with Crippen molar-refractivity contribution in [1.82, 2.24) is 9.55 Å². The zero-order valence-electron chi connectivity index (χ0n) is 19.7. The number of hydrogen-bond donors (Lipinski definition) is 1. The summed E-state index contributed by atoms with van der Waals surface area (Å²) in [6.07, 6.45) is 1.68. The number of thiophene rings is 1. The molecule has 2 heterocycles. The Bertz CT molecular complexity index is 1440. The lowest BCUT2D eigenvalue weighted by atomic mass is 10.1. The number of rotatable bonds is 7. The molecule has 7 heteroatoms. The van der Waals surface area contributed by atoms with Crippen LogP contribution in [0.25, 0.3) is 21.3 Å². The number of fused-ring (bicyclic) bond motifs is 1. The molecule has 0 saturated heterocycles. The summed E-state index contributed by atoms with van der Waals surface area (Å²) in [5.41, 5.74) is 5.87. The minimum Gasteiger partial charge on any atom is -0.325 e. The maximum absolute atomic E-state index is 13.6. The lowest BCUT2D eigenvalue weighted by Gasteiger charge is -2.16. The second-order valence-electron chi connectivity index (χ2n) is 8.29. The number of allylic oxidation sites excluding steroid dienone is 1. The van der Waals surface area contributed by atoms with Crippen LogP contribution in [0.15, 0.2) is 70.5 Å². The van der Waals surface area contributed by atoms with Crippen molar-refractivity contribution in [3.8, 4) is 11.1 Å². The van der Waals surface area contributed by atoms with Crippen molar-refractivity contribution in [3.05, 3.63) is 87.5 Å². The fourth-order valence-corrected chi connectivity index (χ4v) is 5.57. The molecule has 0 aliphatic carbocycles. The summed E-state index contributed by atoms with van der Waals surface area (Å²) in [6, 6.07) is 14.0. The zero-order valence-corrected chi connectivity index (χ0v) is 21.3. The van der Waals surface area contributed by atoms with Gasteiger partial charge in [-0.15, -0.1) is 17.9 Å². The van der Waals surface area contributed by atoms with Crippen molar-refractivity contribution in [3.63, 3.8) is 0 Å². The summed E-state index contributed by atoms with van der Waals surface area (Å²) in [6.45, 7) is 12.0. The van der Waals surface area contributed by atoms with E-state index >= 15 is 0 Å². The van der Waals surface area contributed by atoms with Crippen LogP contribution in [0.4, 0.5) is 5.69 Å². The van der Waals surface area contributed by atoms with Gasteiger partial charge in [0.25, 0.3) is 5.56 Å². The van der Waals surface area contributed by atoms with Gasteiger partial charge in [0.1, 0.15) is 4.83 Å². The largest absolute Gasteiger partial charge is 0.325 e. The van der Waals surface area contributed by atoms with Crippen LogP contribution in [0.2, 0.25) is 0 Å². The number of hydrogen-bond acceptors (Lipinski definition) is 5. The highest BCUT2D eigenvalue weighted by Gasteiger charge is 2.22. The number of carbonyl (C=O) groups is 1. The number of amides is 1. The molecule has 0 fully saturated rings. The van der Waals surface area contributed by atoms with Crippen LogP contribution in [-0.4, -0.2) is 20.7 Å². The van der Waals surface area contributed by atoms with Crippen molar-refractivity contribution >= 4 is 44.9 Å². The minimum atomic E-state index is -0.447. The predicted molar refractivity (Wildman–Crippen MR) is 144 cm³/mol. The van der Waals surface area contributed by atoms with Crippen LogP contribution in [0, 0.1) is 20.8 Å². The van der Waals surface area contributed by atoms with Gasteiger partial charge in [0.2, 0.25) is 5.91 Å². The number of carbonyl (C=O) groups excluding carboxylic acids is 1. The van der Waals surface area contributed by atoms with E-state index in [4.69, 9.17) is 4.98 Å². The van der Waals surface area contributed by atoms with Gasteiger partial charge in [0.15, 0.2) is 5.16 Å². The van der Waals surface area contributed by atoms with E-state index in [1.165, 1.54) is 23.1 Å². The fraction of sp³-hybridized carbons (Fsp3) is 0.222. The molecule has 34 heavy (non-hydrogen) atoms. The van der Waals surface area contributed by atoms with Crippen molar-refractivity contribution in [1.29, 1.82) is 0 Å². The van der Waals surface area contributed by atoms with Crippen LogP contribution in [0.5, 0.6) is 0 Å². The van der Waals surface area contributed by atoms with Crippen LogP contribution < -0.4 is 10.9 Å². The zero-order chi connectivity index (χ0) is 24.4. The molecular weight excluding hydrogens is 462 g/mol. The molecule has 0 saturated carbocycles. The molecule has 0 bridgehead atoms. The molecule has 174 valence electrons. The van der Waals surface area contributed by atoms with Gasteiger partial charge in [-0.05, 0) is 50.5 Å². The Morgan fingerprint density at radius 2 is 1.94 bits per heavy atom. The van der Waals surface area contributed by atoms with Gasteiger partial charge in [-0.2, -0.15) is 0 Å². The SMILES string of the molecule is C=CCn1c(SC(C)C(=O)Nc2cccc(C)c2C)nc2scc(-c3ccc(C)cc3)c2c1=O. The molecule has 0 aliphatic rings. The molecule has 1 unspecified atom stereocenters. The van der Waals surface area contributed by atoms with Gasteiger partial charge >= 0.3 is 0 Å². The van der Waals surface area contributed by atoms with E-state index < -0.39 is 5.25 Å². The molecule has 4 rings (SSSR count). The van der Waals surface area contributed by atoms with E-state index in [9.17, 15) is 9.59 Å². The molecular formula is C27H27N3O2S2. The molecule has 5 nitrogen and oxygen atoms in total. The number of thioether (sulfide) groups is 1. The lowest BCUT2D eigenvalue weighted by molar-refractivity contribution is -0.115. The van der Waals surface area contributed by atoms with Crippen LogP contribution in [-0.2, 0) is 11.3 Å². The Morgan fingerprint density at radius 3 is 2.65 bits per heavy atom. The summed E-state index contributed by atoms with van der Waals surface area (Å²) in [7, 11) is 0. The maximum Gasteiger partial charge on any atom is 0.263 e. The van der Waals surface area contributed by atoms with Crippen molar-refractivity contribution in [2.24, 2.45) is 0 Å². The van der Waals surface area contributed by atoms with E-state index in [0.29, 0.717) is 21.9 Å². The highest BCUT2D eigenvalue weighted by molar-refractivity contribution is 8.00. The predicted octanol–water partition coefficient (Wildman–Crippen LogP) is 6.36. The Kier molecular flexibility index (Phi) is 7.05. The third-order valence-corrected chi connectivity index (χ3v) is 7.81. The third-order valence-electron chi connectivity index (χ3n) is 5.85. The van der Waals surface area contributed by atoms with E-state index in [-0.39, 0.29) is 11.5 Å². The number of benzene rings is 2.